The van der Waals surface area contributed by atoms with Crippen molar-refractivity contribution in [3.63, 3.8) is 0 Å². The number of carbonyl (C=O) groups excluding carboxylic acids is 1. The Hall–Kier alpha value is -1.31. The molecule has 2 fully saturated rings. The van der Waals surface area contributed by atoms with Crippen LogP contribution >= 0.6 is 0 Å². The van der Waals surface area contributed by atoms with Crippen molar-refractivity contribution in [2.75, 3.05) is 7.11 Å². The maximum atomic E-state index is 12.5. The van der Waals surface area contributed by atoms with E-state index in [1.807, 2.05) is 6.08 Å². The molecular formula is C21H32O2. The molecule has 5 unspecified atom stereocenters. The summed E-state index contributed by atoms with van der Waals surface area (Å²) in [6.45, 7) is 12.8. The fraction of sp³-hybridized carbons (Fsp3) is 0.667. The first kappa shape index (κ1) is 18.0. The molecule has 23 heavy (non-hydrogen) atoms. The summed E-state index contributed by atoms with van der Waals surface area (Å²) >= 11 is 0. The highest BCUT2D eigenvalue weighted by atomic mass is 16.5. The standard InChI is InChI=1S/C21H32O2/c1-7-9-18(10-8-2)21-11-15(3)16(4)17(13-21)12-20(5,14-21)19(22)23-6/h7-10,15-17H,1,11-14H2,2-6H3/b10-8-,18-9+. The molecule has 0 N–H and O–H groups in total. The largest absolute Gasteiger partial charge is 0.469 e. The number of esters is 1. The number of allylic oxidation sites excluding steroid dienone is 5. The van der Waals surface area contributed by atoms with Crippen LogP contribution < -0.4 is 0 Å². The molecule has 2 aliphatic rings. The monoisotopic (exact) mass is 316 g/mol. The first-order chi connectivity index (χ1) is 10.8. The fourth-order valence-corrected chi connectivity index (χ4v) is 5.29. The molecule has 128 valence electrons. The smallest absolute Gasteiger partial charge is 0.311 e. The zero-order chi connectivity index (χ0) is 17.3. The zero-order valence-electron chi connectivity index (χ0n) is 15.4. The number of hydrogen-bond acceptors (Lipinski definition) is 2. The number of methoxy groups -OCH3 is 1. The third-order valence-electron chi connectivity index (χ3n) is 6.38. The van der Waals surface area contributed by atoms with Crippen molar-refractivity contribution in [2.24, 2.45) is 28.6 Å². The van der Waals surface area contributed by atoms with Gasteiger partial charge < -0.3 is 4.74 Å². The van der Waals surface area contributed by atoms with E-state index < -0.39 is 0 Å². The maximum Gasteiger partial charge on any atom is 0.311 e. The van der Waals surface area contributed by atoms with Crippen LogP contribution in [0.25, 0.3) is 0 Å². The minimum Gasteiger partial charge on any atom is -0.469 e. The predicted molar refractivity (Wildman–Crippen MR) is 95.9 cm³/mol. The Morgan fingerprint density at radius 2 is 1.96 bits per heavy atom. The molecule has 2 rings (SSSR count). The van der Waals surface area contributed by atoms with E-state index in [1.54, 1.807) is 0 Å². The van der Waals surface area contributed by atoms with Gasteiger partial charge in [0.2, 0.25) is 0 Å². The highest BCUT2D eigenvalue weighted by molar-refractivity contribution is 5.76. The Kier molecular flexibility index (Phi) is 5.23. The molecule has 2 nitrogen and oxygen atoms in total. The lowest BCUT2D eigenvalue weighted by Crippen LogP contribution is -2.50. The summed E-state index contributed by atoms with van der Waals surface area (Å²) in [5.41, 5.74) is 1.01. The molecule has 0 aliphatic heterocycles. The lowest BCUT2D eigenvalue weighted by atomic mass is 9.48. The molecule has 0 aromatic heterocycles. The van der Waals surface area contributed by atoms with Crippen molar-refractivity contribution >= 4 is 5.97 Å². The van der Waals surface area contributed by atoms with Crippen molar-refractivity contribution in [3.8, 4) is 0 Å². The first-order valence-corrected chi connectivity index (χ1v) is 8.86. The van der Waals surface area contributed by atoms with E-state index in [9.17, 15) is 4.79 Å². The summed E-state index contributed by atoms with van der Waals surface area (Å²) in [6, 6.07) is 0. The summed E-state index contributed by atoms with van der Waals surface area (Å²) in [7, 11) is 1.52. The van der Waals surface area contributed by atoms with Crippen LogP contribution in [0.15, 0.2) is 36.5 Å². The molecule has 0 heterocycles. The van der Waals surface area contributed by atoms with Crippen LogP contribution in [0, 0.1) is 28.6 Å². The minimum absolute atomic E-state index is 0.0493. The van der Waals surface area contributed by atoms with Gasteiger partial charge in [0.1, 0.15) is 0 Å². The van der Waals surface area contributed by atoms with Crippen LogP contribution in [0.2, 0.25) is 0 Å². The van der Waals surface area contributed by atoms with Gasteiger partial charge in [-0.15, -0.1) is 0 Å². The highest BCUT2D eigenvalue weighted by Gasteiger charge is 2.55. The number of carbonyl (C=O) groups is 1. The molecule has 2 bridgehead atoms. The lowest BCUT2D eigenvalue weighted by Gasteiger charge is -2.56. The van der Waals surface area contributed by atoms with Crippen molar-refractivity contribution in [3.05, 3.63) is 36.5 Å². The second-order valence-corrected chi connectivity index (χ2v) is 8.08. The van der Waals surface area contributed by atoms with E-state index in [0.29, 0.717) is 17.8 Å². The van der Waals surface area contributed by atoms with E-state index in [0.717, 1.165) is 19.3 Å². The molecule has 2 saturated carbocycles. The van der Waals surface area contributed by atoms with Crippen LogP contribution in [0.1, 0.15) is 53.4 Å². The Morgan fingerprint density at radius 3 is 2.52 bits per heavy atom. The molecule has 2 aliphatic carbocycles. The van der Waals surface area contributed by atoms with Crippen molar-refractivity contribution in [2.45, 2.75) is 53.4 Å². The molecule has 0 saturated heterocycles. The Morgan fingerprint density at radius 1 is 1.26 bits per heavy atom. The minimum atomic E-state index is -0.381. The lowest BCUT2D eigenvalue weighted by molar-refractivity contribution is -0.161. The number of hydrogen-bond donors (Lipinski definition) is 0. The van der Waals surface area contributed by atoms with Gasteiger partial charge in [-0.1, -0.05) is 44.7 Å². The summed E-state index contributed by atoms with van der Waals surface area (Å²) in [5, 5.41) is 0. The van der Waals surface area contributed by atoms with Gasteiger partial charge in [0, 0.05) is 0 Å². The zero-order valence-corrected chi connectivity index (χ0v) is 15.4. The molecule has 0 aromatic rings. The van der Waals surface area contributed by atoms with Crippen LogP contribution in [-0.2, 0) is 9.53 Å². The quantitative estimate of drug-likeness (QED) is 0.518. The molecule has 0 radical (unpaired) electrons. The van der Waals surface area contributed by atoms with Crippen molar-refractivity contribution in [1.29, 1.82) is 0 Å². The van der Waals surface area contributed by atoms with Crippen LogP contribution in [-0.4, -0.2) is 13.1 Å². The van der Waals surface area contributed by atoms with Crippen LogP contribution in [0.4, 0.5) is 0 Å². The predicted octanol–water partition coefficient (Wildman–Crippen LogP) is 5.32. The molecule has 5 atom stereocenters. The molecule has 0 aromatic carbocycles. The first-order valence-electron chi connectivity index (χ1n) is 8.86. The summed E-state index contributed by atoms with van der Waals surface area (Å²) < 4.78 is 5.17. The topological polar surface area (TPSA) is 26.3 Å². The van der Waals surface area contributed by atoms with Gasteiger partial charge >= 0.3 is 5.97 Å². The van der Waals surface area contributed by atoms with E-state index in [1.165, 1.54) is 19.1 Å². The number of ether oxygens (including phenoxy) is 1. The van der Waals surface area contributed by atoms with Gasteiger partial charge in [0.25, 0.3) is 0 Å². The van der Waals surface area contributed by atoms with E-state index in [-0.39, 0.29) is 16.8 Å². The summed E-state index contributed by atoms with van der Waals surface area (Å²) in [6.07, 6.45) is 12.5. The van der Waals surface area contributed by atoms with Gasteiger partial charge in [-0.3, -0.25) is 4.79 Å². The van der Waals surface area contributed by atoms with Gasteiger partial charge in [-0.25, -0.2) is 0 Å². The Labute approximate surface area is 141 Å². The molecular weight excluding hydrogens is 284 g/mol. The van der Waals surface area contributed by atoms with Gasteiger partial charge in [0.15, 0.2) is 0 Å². The summed E-state index contributed by atoms with van der Waals surface area (Å²) in [5.74, 6) is 1.86. The van der Waals surface area contributed by atoms with Crippen LogP contribution in [0.5, 0.6) is 0 Å². The normalized spacial score (nSPS) is 40.9. The van der Waals surface area contributed by atoms with Crippen molar-refractivity contribution < 1.29 is 9.53 Å². The van der Waals surface area contributed by atoms with E-state index in [4.69, 9.17) is 4.74 Å². The molecule has 2 heteroatoms. The van der Waals surface area contributed by atoms with Gasteiger partial charge in [-0.2, -0.15) is 0 Å². The maximum absolute atomic E-state index is 12.5. The third kappa shape index (κ3) is 3.18. The average molecular weight is 316 g/mol. The van der Waals surface area contributed by atoms with Gasteiger partial charge in [-0.05, 0) is 68.3 Å². The number of rotatable bonds is 4. The Bertz CT molecular complexity index is 526. The Balaban J connectivity index is 2.51. The van der Waals surface area contributed by atoms with E-state index in [2.05, 4.69) is 52.5 Å². The second kappa shape index (κ2) is 6.67. The molecule has 0 amide bonds. The van der Waals surface area contributed by atoms with Crippen LogP contribution in [0.3, 0.4) is 0 Å². The SMILES string of the molecule is C=C/C=C(\C=C/C)C12CC(C)C(C)C(CC(C)(C(=O)OC)C1)C2. The second-order valence-electron chi connectivity index (χ2n) is 8.08. The third-order valence-corrected chi connectivity index (χ3v) is 6.38. The average Bonchev–Trinajstić information content (AvgIpc) is 2.51. The summed E-state index contributed by atoms with van der Waals surface area (Å²) in [4.78, 5) is 12.5. The van der Waals surface area contributed by atoms with E-state index >= 15 is 0 Å². The van der Waals surface area contributed by atoms with Crippen molar-refractivity contribution in [1.82, 2.24) is 0 Å². The highest BCUT2D eigenvalue weighted by Crippen LogP contribution is 2.62. The number of fused-ring (bicyclic) bond motifs is 2. The fourth-order valence-electron chi connectivity index (χ4n) is 5.29. The van der Waals surface area contributed by atoms with Gasteiger partial charge in [0.05, 0.1) is 12.5 Å². The molecule has 0 spiro atoms.